The van der Waals surface area contributed by atoms with Crippen LogP contribution < -0.4 is 5.73 Å². The molecule has 1 aromatic carbocycles. The van der Waals surface area contributed by atoms with Gasteiger partial charge in [0.15, 0.2) is 11.5 Å². The fourth-order valence-corrected chi connectivity index (χ4v) is 4.96. The number of aromatic nitrogens is 4. The lowest BCUT2D eigenvalue weighted by Crippen LogP contribution is -2.38. The fraction of sp³-hybridized carbons (Fsp3) is 0.375. The molecule has 2 N–H and O–H groups in total. The third-order valence-corrected chi connectivity index (χ3v) is 6.71. The maximum absolute atomic E-state index is 14.1. The second kappa shape index (κ2) is 9.74. The maximum atomic E-state index is 14.1. The zero-order chi connectivity index (χ0) is 23.6. The molecule has 6 rings (SSSR count). The first-order valence-electron chi connectivity index (χ1n) is 11.3. The second-order valence-corrected chi connectivity index (χ2v) is 9.24. The highest BCUT2D eigenvalue weighted by molar-refractivity contribution is 5.86. The van der Waals surface area contributed by atoms with E-state index in [2.05, 4.69) is 10.2 Å². The van der Waals surface area contributed by atoms with E-state index in [0.29, 0.717) is 34.5 Å². The van der Waals surface area contributed by atoms with Crippen LogP contribution in [0, 0.1) is 5.82 Å². The number of halogens is 6. The molecule has 0 spiro atoms. The lowest BCUT2D eigenvalue weighted by molar-refractivity contribution is -0.183. The van der Waals surface area contributed by atoms with Crippen molar-refractivity contribution in [3.05, 3.63) is 59.5 Å². The van der Waals surface area contributed by atoms with Crippen molar-refractivity contribution in [3.63, 3.8) is 0 Å². The molecule has 4 aromatic rings. The summed E-state index contributed by atoms with van der Waals surface area (Å²) in [5, 5.41) is 9.03. The lowest BCUT2D eigenvalue weighted by atomic mass is 10.0. The molecule has 1 saturated heterocycles. The first-order chi connectivity index (χ1) is 16.3. The van der Waals surface area contributed by atoms with Gasteiger partial charge in [0.05, 0.1) is 5.52 Å². The van der Waals surface area contributed by atoms with Crippen molar-refractivity contribution in [1.29, 1.82) is 0 Å². The molecule has 0 unspecified atom stereocenters. The smallest absolute Gasteiger partial charge is 0.326 e. The van der Waals surface area contributed by atoms with Crippen molar-refractivity contribution >= 4 is 41.4 Å². The summed E-state index contributed by atoms with van der Waals surface area (Å²) < 4.78 is 57.9. The van der Waals surface area contributed by atoms with Gasteiger partial charge in [-0.25, -0.2) is 9.37 Å². The molecule has 6 nitrogen and oxygen atoms in total. The Bertz CT molecular complexity index is 1400. The number of nitrogens with zero attached hydrogens (tertiary/aromatic N) is 5. The first-order valence-corrected chi connectivity index (χ1v) is 11.3. The van der Waals surface area contributed by atoms with Gasteiger partial charge in [0, 0.05) is 30.7 Å². The van der Waals surface area contributed by atoms with Gasteiger partial charge in [-0.2, -0.15) is 13.2 Å². The van der Waals surface area contributed by atoms with Crippen molar-refractivity contribution in [1.82, 2.24) is 24.5 Å². The Kier molecular flexibility index (Phi) is 7.18. The monoisotopic (exact) mass is 542 g/mol. The molecule has 192 valence electrons. The molecular formula is C24H24Cl2F4N6. The van der Waals surface area contributed by atoms with Crippen molar-refractivity contribution < 1.29 is 17.6 Å². The zero-order valence-electron chi connectivity index (χ0n) is 19.0. The van der Waals surface area contributed by atoms with Crippen molar-refractivity contribution in [2.75, 3.05) is 13.1 Å². The highest BCUT2D eigenvalue weighted by Gasteiger charge is 2.46. The van der Waals surface area contributed by atoms with Crippen LogP contribution in [-0.4, -0.2) is 49.8 Å². The topological polar surface area (TPSA) is 72.3 Å². The van der Waals surface area contributed by atoms with Crippen LogP contribution >= 0.6 is 24.8 Å². The molecule has 2 fully saturated rings. The number of benzene rings is 1. The Labute approximate surface area is 216 Å². The van der Waals surface area contributed by atoms with E-state index in [1.54, 1.807) is 16.5 Å². The van der Waals surface area contributed by atoms with Gasteiger partial charge in [-0.15, -0.1) is 35.0 Å². The Morgan fingerprint density at radius 1 is 1.00 bits per heavy atom. The van der Waals surface area contributed by atoms with Crippen LogP contribution in [0.2, 0.25) is 0 Å². The molecule has 0 bridgehead atoms. The highest BCUT2D eigenvalue weighted by atomic mass is 35.5. The largest absolute Gasteiger partial charge is 0.408 e. The predicted molar refractivity (Wildman–Crippen MR) is 133 cm³/mol. The summed E-state index contributed by atoms with van der Waals surface area (Å²) in [4.78, 5) is 6.12. The van der Waals surface area contributed by atoms with E-state index in [1.807, 2.05) is 0 Å². The van der Waals surface area contributed by atoms with Gasteiger partial charge in [-0.05, 0) is 60.6 Å². The summed E-state index contributed by atoms with van der Waals surface area (Å²) in [6, 6.07) is 7.35. The molecule has 12 heteroatoms. The Morgan fingerprint density at radius 3 is 2.44 bits per heavy atom. The SMILES string of the molecule is Cl.Cl.N[C@H]1CCN([C@H](c2ccc3nnc(-c4ccc5cc(F)cc(C6CC6)c5n4)n3c2)C(F)(F)F)C1. The summed E-state index contributed by atoms with van der Waals surface area (Å²) in [6.07, 6.45) is -0.527. The van der Waals surface area contributed by atoms with Gasteiger partial charge in [0.25, 0.3) is 0 Å². The molecule has 3 aromatic heterocycles. The van der Waals surface area contributed by atoms with Gasteiger partial charge < -0.3 is 5.73 Å². The molecular weight excluding hydrogens is 519 g/mol. The lowest BCUT2D eigenvalue weighted by Gasteiger charge is -2.30. The number of likely N-dealkylation sites (tertiary alicyclic amines) is 1. The Morgan fingerprint density at radius 2 is 1.78 bits per heavy atom. The average molecular weight is 543 g/mol. The standard InChI is InChI=1S/C24H22F4N6.2ClH/c25-16-9-14-3-5-19(30-21(14)18(10-16)13-1-2-13)23-32-31-20-6-4-15(11-34(20)23)22(24(26,27)28)33-8-7-17(29)12-33;;/h3-6,9-11,13,17,22H,1-2,7-8,12,29H2;2*1H/t17-,22+;;/m0../s1. The molecule has 2 atom stereocenters. The van der Waals surface area contributed by atoms with Crippen LogP contribution in [0.15, 0.2) is 42.6 Å². The fourth-order valence-electron chi connectivity index (χ4n) is 4.96. The van der Waals surface area contributed by atoms with Gasteiger partial charge in [-0.1, -0.05) is 12.1 Å². The third kappa shape index (κ3) is 4.74. The minimum absolute atomic E-state index is 0. The molecule has 1 aliphatic carbocycles. The molecule has 4 heterocycles. The number of alkyl halides is 3. The van der Waals surface area contributed by atoms with E-state index in [1.165, 1.54) is 35.4 Å². The highest BCUT2D eigenvalue weighted by Crippen LogP contribution is 2.43. The van der Waals surface area contributed by atoms with E-state index in [0.717, 1.165) is 18.4 Å². The number of fused-ring (bicyclic) bond motifs is 2. The van der Waals surface area contributed by atoms with Crippen LogP contribution in [0.1, 0.15) is 42.3 Å². The molecule has 1 saturated carbocycles. The molecule has 2 aliphatic rings. The summed E-state index contributed by atoms with van der Waals surface area (Å²) in [7, 11) is 0. The summed E-state index contributed by atoms with van der Waals surface area (Å²) in [5.74, 6) is 0.312. The average Bonchev–Trinajstić information content (AvgIpc) is 3.42. The van der Waals surface area contributed by atoms with Crippen LogP contribution in [0.5, 0.6) is 0 Å². The van der Waals surface area contributed by atoms with Crippen molar-refractivity contribution in [2.24, 2.45) is 5.73 Å². The first kappa shape index (κ1) is 26.5. The number of hydrogen-bond donors (Lipinski definition) is 1. The minimum atomic E-state index is -4.46. The van der Waals surface area contributed by atoms with Crippen LogP contribution in [-0.2, 0) is 0 Å². The maximum Gasteiger partial charge on any atom is 0.408 e. The molecule has 0 radical (unpaired) electrons. The number of pyridine rings is 2. The number of nitrogens with two attached hydrogens (primary N) is 1. The summed E-state index contributed by atoms with van der Waals surface area (Å²) >= 11 is 0. The number of hydrogen-bond acceptors (Lipinski definition) is 5. The van der Waals surface area contributed by atoms with Crippen molar-refractivity contribution in [3.8, 4) is 11.5 Å². The van der Waals surface area contributed by atoms with E-state index in [4.69, 9.17) is 10.7 Å². The van der Waals surface area contributed by atoms with Gasteiger partial charge in [0.1, 0.15) is 17.6 Å². The van der Waals surface area contributed by atoms with Crippen molar-refractivity contribution in [2.45, 2.75) is 43.4 Å². The summed E-state index contributed by atoms with van der Waals surface area (Å²) in [6.45, 7) is 0.467. The van der Waals surface area contributed by atoms with Crippen LogP contribution in [0.4, 0.5) is 17.6 Å². The van der Waals surface area contributed by atoms with E-state index in [-0.39, 0.29) is 61.2 Å². The van der Waals surface area contributed by atoms with E-state index >= 15 is 0 Å². The Balaban J connectivity index is 0.00000152. The second-order valence-electron chi connectivity index (χ2n) is 9.24. The van der Waals surface area contributed by atoms with E-state index in [9.17, 15) is 17.6 Å². The van der Waals surface area contributed by atoms with Gasteiger partial charge in [-0.3, -0.25) is 9.30 Å². The van der Waals surface area contributed by atoms with Gasteiger partial charge >= 0.3 is 6.18 Å². The zero-order valence-corrected chi connectivity index (χ0v) is 20.6. The molecule has 36 heavy (non-hydrogen) atoms. The molecule has 1 aliphatic heterocycles. The third-order valence-electron chi connectivity index (χ3n) is 6.71. The normalized spacial score (nSPS) is 19.3. The van der Waals surface area contributed by atoms with Crippen LogP contribution in [0.3, 0.4) is 0 Å². The predicted octanol–water partition coefficient (Wildman–Crippen LogP) is 5.44. The minimum Gasteiger partial charge on any atom is -0.326 e. The molecule has 0 amide bonds. The van der Waals surface area contributed by atoms with Gasteiger partial charge in [0.2, 0.25) is 0 Å². The Hall–Kier alpha value is -2.53. The summed E-state index contributed by atoms with van der Waals surface area (Å²) in [5.41, 5.74) is 8.41. The number of rotatable bonds is 4. The quantitative estimate of drug-likeness (QED) is 0.347. The van der Waals surface area contributed by atoms with Crippen LogP contribution in [0.25, 0.3) is 28.1 Å². The van der Waals surface area contributed by atoms with E-state index < -0.39 is 12.2 Å².